The van der Waals surface area contributed by atoms with E-state index in [1.165, 1.54) is 43.6 Å². The number of benzene rings is 4. The summed E-state index contributed by atoms with van der Waals surface area (Å²) in [7, 11) is 0. The molecule has 0 N–H and O–H groups in total. The van der Waals surface area contributed by atoms with Crippen molar-refractivity contribution < 1.29 is 0 Å². The quantitative estimate of drug-likeness (QED) is 0.223. The summed E-state index contributed by atoms with van der Waals surface area (Å²) >= 11 is 7.62. The number of fused-ring (bicyclic) bond motifs is 6. The Morgan fingerprint density at radius 3 is 1.29 bits per heavy atom. The molecule has 4 heteroatoms. The summed E-state index contributed by atoms with van der Waals surface area (Å²) in [6.07, 6.45) is 0. The molecular formula is C24H14Br2N2. The van der Waals surface area contributed by atoms with E-state index in [4.69, 9.17) is 0 Å². The van der Waals surface area contributed by atoms with Crippen LogP contribution in [0.5, 0.6) is 0 Å². The number of para-hydroxylation sites is 4. The fourth-order valence-electron chi connectivity index (χ4n) is 4.32. The minimum absolute atomic E-state index is 1.08. The maximum absolute atomic E-state index is 3.81. The minimum atomic E-state index is 1.08. The summed E-state index contributed by atoms with van der Waals surface area (Å²) in [5.41, 5.74) is 4.70. The van der Waals surface area contributed by atoms with Crippen molar-refractivity contribution in [1.29, 1.82) is 0 Å². The fourth-order valence-corrected chi connectivity index (χ4v) is 5.39. The maximum atomic E-state index is 3.81. The first-order valence-corrected chi connectivity index (χ1v) is 10.7. The van der Waals surface area contributed by atoms with Crippen molar-refractivity contribution >= 4 is 75.5 Å². The molecule has 2 aromatic heterocycles. The van der Waals surface area contributed by atoms with Crippen molar-refractivity contribution in [1.82, 2.24) is 9.35 Å². The minimum Gasteiger partial charge on any atom is -0.247 e. The highest BCUT2D eigenvalue weighted by Crippen LogP contribution is 2.39. The molecule has 2 nitrogen and oxygen atoms in total. The van der Waals surface area contributed by atoms with E-state index in [1.54, 1.807) is 0 Å². The molecule has 0 fully saturated rings. The van der Waals surface area contributed by atoms with E-state index in [-0.39, 0.29) is 0 Å². The zero-order chi connectivity index (χ0) is 18.8. The average Bonchev–Trinajstić information content (AvgIpc) is 3.23. The Balaban J connectivity index is 1.96. The molecule has 0 amide bonds. The lowest BCUT2D eigenvalue weighted by Crippen LogP contribution is -2.09. The van der Waals surface area contributed by atoms with E-state index in [2.05, 4.69) is 126 Å². The van der Waals surface area contributed by atoms with Gasteiger partial charge in [-0.15, -0.1) is 0 Å². The fraction of sp³-hybridized carbons (Fsp3) is 0. The maximum Gasteiger partial charge on any atom is 0.0858 e. The molecule has 2 heterocycles. The Bertz CT molecular complexity index is 1420. The summed E-state index contributed by atoms with van der Waals surface area (Å²) in [5, 5.41) is 4.97. The molecule has 4 aromatic carbocycles. The van der Waals surface area contributed by atoms with Gasteiger partial charge in [0.2, 0.25) is 0 Å². The van der Waals surface area contributed by atoms with Gasteiger partial charge < -0.3 is 0 Å². The van der Waals surface area contributed by atoms with Gasteiger partial charge in [0, 0.05) is 30.5 Å². The molecule has 0 atom stereocenters. The van der Waals surface area contributed by atoms with Crippen molar-refractivity contribution in [3.63, 3.8) is 0 Å². The smallest absolute Gasteiger partial charge is 0.0858 e. The Hall–Kier alpha value is -2.56. The van der Waals surface area contributed by atoms with Gasteiger partial charge in [-0.1, -0.05) is 60.7 Å². The first-order valence-electron chi connectivity index (χ1n) is 9.12. The lowest BCUT2D eigenvalue weighted by molar-refractivity contribution is 0.772. The first-order chi connectivity index (χ1) is 13.8. The van der Waals surface area contributed by atoms with Crippen LogP contribution in [0.2, 0.25) is 0 Å². The lowest BCUT2D eigenvalue weighted by atomic mass is 10.2. The number of aromatic nitrogens is 2. The molecule has 0 aliphatic carbocycles. The van der Waals surface area contributed by atoms with Gasteiger partial charge in [0.15, 0.2) is 0 Å². The van der Waals surface area contributed by atoms with E-state index in [0.29, 0.717) is 0 Å². The highest BCUT2D eigenvalue weighted by Gasteiger charge is 2.19. The molecule has 0 spiro atoms. The van der Waals surface area contributed by atoms with E-state index >= 15 is 0 Å². The van der Waals surface area contributed by atoms with Gasteiger partial charge in [0.1, 0.15) is 0 Å². The zero-order valence-electron chi connectivity index (χ0n) is 14.7. The van der Waals surface area contributed by atoms with Crippen molar-refractivity contribution in [2.24, 2.45) is 0 Å². The van der Waals surface area contributed by atoms with Crippen LogP contribution < -0.4 is 0 Å². The molecule has 0 bridgehead atoms. The van der Waals surface area contributed by atoms with Gasteiger partial charge in [0.05, 0.1) is 22.1 Å². The van der Waals surface area contributed by atoms with Crippen LogP contribution in [-0.4, -0.2) is 9.35 Å². The summed E-state index contributed by atoms with van der Waals surface area (Å²) in [4.78, 5) is 0. The third kappa shape index (κ3) is 2.07. The molecule has 134 valence electrons. The van der Waals surface area contributed by atoms with Crippen LogP contribution in [0.3, 0.4) is 0 Å². The van der Waals surface area contributed by atoms with E-state index < -0.39 is 0 Å². The molecule has 6 rings (SSSR count). The van der Waals surface area contributed by atoms with Crippen molar-refractivity contribution in [2.75, 3.05) is 0 Å². The summed E-state index contributed by atoms with van der Waals surface area (Å²) in [5.74, 6) is 0. The molecule has 0 aliphatic rings. The predicted molar refractivity (Wildman–Crippen MR) is 125 cm³/mol. The summed E-state index contributed by atoms with van der Waals surface area (Å²) < 4.78 is 6.84. The van der Waals surface area contributed by atoms with Gasteiger partial charge in [-0.05, 0) is 56.1 Å². The Kier molecular flexibility index (Phi) is 3.49. The van der Waals surface area contributed by atoms with E-state index in [9.17, 15) is 0 Å². The molecule has 28 heavy (non-hydrogen) atoms. The Morgan fingerprint density at radius 2 is 0.821 bits per heavy atom. The number of rotatable bonds is 1. The summed E-state index contributed by atoms with van der Waals surface area (Å²) in [6.45, 7) is 0. The van der Waals surface area contributed by atoms with Crippen LogP contribution in [-0.2, 0) is 0 Å². The monoisotopic (exact) mass is 488 g/mol. The van der Waals surface area contributed by atoms with Crippen molar-refractivity contribution in [2.45, 2.75) is 0 Å². The number of hydrogen-bond donors (Lipinski definition) is 0. The molecule has 0 saturated carbocycles. The van der Waals surface area contributed by atoms with Crippen LogP contribution in [0, 0.1) is 0 Å². The highest BCUT2D eigenvalue weighted by atomic mass is 79.9. The third-order valence-corrected chi connectivity index (χ3v) is 6.72. The van der Waals surface area contributed by atoms with Crippen LogP contribution in [0.15, 0.2) is 93.9 Å². The predicted octanol–water partition coefficient (Wildman–Crippen LogP) is 7.74. The number of halogens is 2. The third-order valence-electron chi connectivity index (χ3n) is 5.44. The van der Waals surface area contributed by atoms with E-state index in [1.807, 2.05) is 0 Å². The largest absolute Gasteiger partial charge is 0.247 e. The molecule has 0 saturated heterocycles. The second kappa shape index (κ2) is 5.97. The van der Waals surface area contributed by atoms with Gasteiger partial charge in [-0.2, -0.15) is 0 Å². The van der Waals surface area contributed by atoms with E-state index in [0.717, 1.165) is 8.95 Å². The van der Waals surface area contributed by atoms with Crippen LogP contribution in [0.1, 0.15) is 0 Å². The molecule has 0 radical (unpaired) electrons. The van der Waals surface area contributed by atoms with Gasteiger partial charge >= 0.3 is 0 Å². The van der Waals surface area contributed by atoms with Gasteiger partial charge in [-0.25, -0.2) is 9.35 Å². The molecule has 0 unspecified atom stereocenters. The van der Waals surface area contributed by atoms with Crippen LogP contribution in [0.25, 0.3) is 43.6 Å². The van der Waals surface area contributed by atoms with Crippen LogP contribution >= 0.6 is 31.9 Å². The van der Waals surface area contributed by atoms with Crippen molar-refractivity contribution in [3.05, 3.63) is 93.9 Å². The Morgan fingerprint density at radius 1 is 0.429 bits per heavy atom. The topological polar surface area (TPSA) is 9.86 Å². The zero-order valence-corrected chi connectivity index (χ0v) is 17.9. The summed E-state index contributed by atoms with van der Waals surface area (Å²) in [6, 6.07) is 30.0. The molecule has 0 aliphatic heterocycles. The second-order valence-electron chi connectivity index (χ2n) is 6.93. The normalized spacial score (nSPS) is 11.9. The Labute approximate surface area is 178 Å². The SMILES string of the molecule is Brc1cccc2c3ccccc3n(-n3c4ccccc4c4cccc(Br)c43)c12. The number of hydrogen-bond acceptors (Lipinski definition) is 0. The van der Waals surface area contributed by atoms with Crippen molar-refractivity contribution in [3.8, 4) is 0 Å². The van der Waals surface area contributed by atoms with Gasteiger partial charge in [0.25, 0.3) is 0 Å². The molecular weight excluding hydrogens is 476 g/mol. The average molecular weight is 490 g/mol. The standard InChI is InChI=1S/C24H14Br2N2/c25-19-11-5-9-17-15-7-1-3-13-21(15)27(23(17)19)28-22-14-4-2-8-16(22)18-10-6-12-20(26)24(18)28/h1-14H. The second-order valence-corrected chi connectivity index (χ2v) is 8.64. The highest BCUT2D eigenvalue weighted by molar-refractivity contribution is 9.11. The lowest BCUT2D eigenvalue weighted by Gasteiger charge is -2.14. The van der Waals surface area contributed by atoms with Gasteiger partial charge in [-0.3, -0.25) is 0 Å². The molecule has 6 aromatic rings. The first kappa shape index (κ1) is 16.4. The number of nitrogens with zero attached hydrogens (tertiary/aromatic N) is 2. The van der Waals surface area contributed by atoms with Crippen LogP contribution in [0.4, 0.5) is 0 Å².